The van der Waals surface area contributed by atoms with Crippen LogP contribution in [-0.2, 0) is 20.0 Å². The minimum Gasteiger partial charge on any atom is -0.381 e. The van der Waals surface area contributed by atoms with Gasteiger partial charge in [-0.1, -0.05) is 31.5 Å². The zero-order valence-corrected chi connectivity index (χ0v) is 11.4. The summed E-state index contributed by atoms with van der Waals surface area (Å²) in [6.07, 6.45) is 4.37. The van der Waals surface area contributed by atoms with Crippen molar-refractivity contribution < 1.29 is 0 Å². The predicted molar refractivity (Wildman–Crippen MR) is 75.7 cm³/mol. The maximum atomic E-state index is 4.36. The van der Waals surface area contributed by atoms with Crippen molar-refractivity contribution in [1.29, 1.82) is 0 Å². The molecule has 0 aliphatic rings. The lowest BCUT2D eigenvalue weighted by molar-refractivity contribution is 0.756. The number of rotatable bonds is 5. The number of hydrogen-bond acceptors (Lipinski definition) is 2. The van der Waals surface area contributed by atoms with E-state index in [4.69, 9.17) is 0 Å². The van der Waals surface area contributed by atoms with Gasteiger partial charge in [0.2, 0.25) is 0 Å². The molecule has 0 atom stereocenters. The third kappa shape index (κ3) is 2.92. The number of hydrogen-bond donors (Lipinski definition) is 1. The standard InChI is InChI=1S/C15H21N3/c1-4-7-13-8-5-6-9-15(13)16-10-14-11-18(3)17-12(14)2/h5-6,8-9,11,16H,4,7,10H2,1-3H3. The monoisotopic (exact) mass is 243 g/mol. The Morgan fingerprint density at radius 2 is 2.00 bits per heavy atom. The molecule has 18 heavy (non-hydrogen) atoms. The molecule has 0 bridgehead atoms. The Morgan fingerprint density at radius 3 is 2.67 bits per heavy atom. The smallest absolute Gasteiger partial charge is 0.0643 e. The van der Waals surface area contributed by atoms with Crippen LogP contribution in [0.4, 0.5) is 5.69 Å². The summed E-state index contributed by atoms with van der Waals surface area (Å²) in [4.78, 5) is 0. The first-order valence-corrected chi connectivity index (χ1v) is 6.51. The molecule has 0 unspecified atom stereocenters. The molecule has 0 aliphatic heterocycles. The molecule has 0 fully saturated rings. The lowest BCUT2D eigenvalue weighted by Gasteiger charge is -2.10. The van der Waals surface area contributed by atoms with Gasteiger partial charge >= 0.3 is 0 Å². The van der Waals surface area contributed by atoms with E-state index >= 15 is 0 Å². The van der Waals surface area contributed by atoms with Crippen LogP contribution in [0.15, 0.2) is 30.5 Å². The number of para-hydroxylation sites is 1. The highest BCUT2D eigenvalue weighted by Crippen LogP contribution is 2.18. The summed E-state index contributed by atoms with van der Waals surface area (Å²) in [5.74, 6) is 0. The Balaban J connectivity index is 2.08. The first-order chi connectivity index (χ1) is 8.70. The van der Waals surface area contributed by atoms with Crippen LogP contribution in [0.2, 0.25) is 0 Å². The van der Waals surface area contributed by atoms with E-state index in [0.717, 1.165) is 18.7 Å². The summed E-state index contributed by atoms with van der Waals surface area (Å²) in [7, 11) is 1.96. The lowest BCUT2D eigenvalue weighted by Crippen LogP contribution is -2.02. The van der Waals surface area contributed by atoms with Gasteiger partial charge in [0.05, 0.1) is 5.69 Å². The molecule has 0 saturated carbocycles. The molecule has 0 spiro atoms. The fourth-order valence-electron chi connectivity index (χ4n) is 2.19. The van der Waals surface area contributed by atoms with E-state index in [2.05, 4.69) is 54.7 Å². The fraction of sp³-hybridized carbons (Fsp3) is 0.400. The number of benzene rings is 1. The van der Waals surface area contributed by atoms with Crippen LogP contribution < -0.4 is 5.32 Å². The summed E-state index contributed by atoms with van der Waals surface area (Å²) in [5, 5.41) is 7.87. The maximum Gasteiger partial charge on any atom is 0.0643 e. The topological polar surface area (TPSA) is 29.9 Å². The highest BCUT2D eigenvalue weighted by atomic mass is 15.2. The quantitative estimate of drug-likeness (QED) is 0.873. The van der Waals surface area contributed by atoms with Crippen LogP contribution in [0, 0.1) is 6.92 Å². The van der Waals surface area contributed by atoms with E-state index in [1.54, 1.807) is 0 Å². The van der Waals surface area contributed by atoms with Crippen molar-refractivity contribution in [2.45, 2.75) is 33.2 Å². The van der Waals surface area contributed by atoms with E-state index in [0.29, 0.717) is 0 Å². The second kappa shape index (κ2) is 5.71. The number of aromatic nitrogens is 2. The average molecular weight is 243 g/mol. The third-order valence-electron chi connectivity index (χ3n) is 3.12. The fourth-order valence-corrected chi connectivity index (χ4v) is 2.19. The van der Waals surface area contributed by atoms with Gasteiger partial charge in [0.25, 0.3) is 0 Å². The molecule has 1 aromatic carbocycles. The molecule has 0 saturated heterocycles. The SMILES string of the molecule is CCCc1ccccc1NCc1cn(C)nc1C. The third-order valence-corrected chi connectivity index (χ3v) is 3.12. The van der Waals surface area contributed by atoms with E-state index < -0.39 is 0 Å². The van der Waals surface area contributed by atoms with E-state index in [9.17, 15) is 0 Å². The van der Waals surface area contributed by atoms with Gasteiger partial charge in [-0.25, -0.2) is 0 Å². The average Bonchev–Trinajstić information content (AvgIpc) is 2.67. The molecule has 3 heteroatoms. The number of anilines is 1. The van der Waals surface area contributed by atoms with Crippen molar-refractivity contribution in [2.24, 2.45) is 7.05 Å². The molecule has 3 nitrogen and oxygen atoms in total. The van der Waals surface area contributed by atoms with Crippen molar-refractivity contribution >= 4 is 5.69 Å². The van der Waals surface area contributed by atoms with Gasteiger partial charge in [-0.2, -0.15) is 5.10 Å². The first kappa shape index (κ1) is 12.7. The second-order valence-electron chi connectivity index (χ2n) is 4.67. The van der Waals surface area contributed by atoms with Gasteiger partial charge < -0.3 is 5.32 Å². The van der Waals surface area contributed by atoms with Crippen LogP contribution in [0.5, 0.6) is 0 Å². The normalized spacial score (nSPS) is 10.6. The summed E-state index contributed by atoms with van der Waals surface area (Å²) in [5.41, 5.74) is 4.98. The van der Waals surface area contributed by atoms with Crippen molar-refractivity contribution in [3.05, 3.63) is 47.3 Å². The first-order valence-electron chi connectivity index (χ1n) is 6.51. The largest absolute Gasteiger partial charge is 0.381 e. The molecule has 96 valence electrons. The van der Waals surface area contributed by atoms with Crippen molar-refractivity contribution in [1.82, 2.24) is 9.78 Å². The van der Waals surface area contributed by atoms with Gasteiger partial charge in [0.15, 0.2) is 0 Å². The van der Waals surface area contributed by atoms with Crippen LogP contribution in [0.1, 0.15) is 30.2 Å². The Labute approximate surface area is 109 Å². The maximum absolute atomic E-state index is 4.36. The van der Waals surface area contributed by atoms with Crippen LogP contribution in [-0.4, -0.2) is 9.78 Å². The predicted octanol–water partition coefficient (Wildman–Crippen LogP) is 3.29. The molecular formula is C15H21N3. The Kier molecular flexibility index (Phi) is 4.03. The number of aryl methyl sites for hydroxylation is 3. The minimum atomic E-state index is 0.834. The van der Waals surface area contributed by atoms with Crippen molar-refractivity contribution in [3.8, 4) is 0 Å². The number of nitrogens with zero attached hydrogens (tertiary/aromatic N) is 2. The van der Waals surface area contributed by atoms with Gasteiger partial charge in [0, 0.05) is 31.0 Å². The molecule has 1 N–H and O–H groups in total. The van der Waals surface area contributed by atoms with Crippen LogP contribution >= 0.6 is 0 Å². The zero-order valence-electron chi connectivity index (χ0n) is 11.4. The highest BCUT2D eigenvalue weighted by Gasteiger charge is 2.04. The second-order valence-corrected chi connectivity index (χ2v) is 4.67. The van der Waals surface area contributed by atoms with Gasteiger partial charge in [-0.05, 0) is 25.0 Å². The Hall–Kier alpha value is -1.77. The molecule has 0 radical (unpaired) electrons. The summed E-state index contributed by atoms with van der Waals surface area (Å²) < 4.78 is 1.87. The van der Waals surface area contributed by atoms with E-state index in [1.165, 1.54) is 23.2 Å². The van der Waals surface area contributed by atoms with Crippen molar-refractivity contribution in [3.63, 3.8) is 0 Å². The summed E-state index contributed by atoms with van der Waals surface area (Å²) in [6.45, 7) is 5.09. The van der Waals surface area contributed by atoms with Gasteiger partial charge in [0.1, 0.15) is 0 Å². The molecular weight excluding hydrogens is 222 g/mol. The Morgan fingerprint density at radius 1 is 1.22 bits per heavy atom. The van der Waals surface area contributed by atoms with E-state index in [-0.39, 0.29) is 0 Å². The van der Waals surface area contributed by atoms with Gasteiger partial charge in [-0.3, -0.25) is 4.68 Å². The minimum absolute atomic E-state index is 0.834. The van der Waals surface area contributed by atoms with E-state index in [1.807, 2.05) is 11.7 Å². The van der Waals surface area contributed by atoms with Crippen LogP contribution in [0.25, 0.3) is 0 Å². The number of nitrogens with one attached hydrogen (secondary N) is 1. The van der Waals surface area contributed by atoms with Crippen molar-refractivity contribution in [2.75, 3.05) is 5.32 Å². The molecule has 2 rings (SSSR count). The Bertz CT molecular complexity index is 514. The van der Waals surface area contributed by atoms with Gasteiger partial charge in [-0.15, -0.1) is 0 Å². The zero-order chi connectivity index (χ0) is 13.0. The molecule has 0 amide bonds. The summed E-state index contributed by atoms with van der Waals surface area (Å²) >= 11 is 0. The molecule has 2 aromatic rings. The molecule has 1 aromatic heterocycles. The van der Waals surface area contributed by atoms with Crippen LogP contribution in [0.3, 0.4) is 0 Å². The summed E-state index contributed by atoms with van der Waals surface area (Å²) in [6, 6.07) is 8.53. The molecule has 0 aliphatic carbocycles. The molecule has 1 heterocycles. The highest BCUT2D eigenvalue weighted by molar-refractivity contribution is 5.51. The lowest BCUT2D eigenvalue weighted by atomic mass is 10.1.